The molecule has 0 aliphatic carbocycles. The maximum absolute atomic E-state index is 9.41. The first kappa shape index (κ1) is 13.1. The van der Waals surface area contributed by atoms with Crippen LogP contribution in [0.4, 0.5) is 0 Å². The summed E-state index contributed by atoms with van der Waals surface area (Å²) in [6.07, 6.45) is 0. The minimum atomic E-state index is 0.253. The van der Waals surface area contributed by atoms with E-state index in [4.69, 9.17) is 0 Å². The Labute approximate surface area is 91.9 Å². The Morgan fingerprint density at radius 1 is 1.36 bits per heavy atom. The number of allylic oxidation sites excluding steroid dienone is 1. The molecule has 0 saturated heterocycles. The second kappa shape index (κ2) is 5.76. The van der Waals surface area contributed by atoms with Crippen LogP contribution in [0.25, 0.3) is 5.57 Å². The molecule has 0 aliphatic rings. The van der Waals surface area contributed by atoms with E-state index in [2.05, 4.69) is 19.2 Å². The average molecular weight is 210 g/mol. The molecule has 0 amide bonds. The maximum atomic E-state index is 9.41. The van der Waals surface area contributed by atoms with E-state index in [0.717, 1.165) is 16.7 Å². The smallest absolute Gasteiger partial charge is 0.131 e. The highest BCUT2D eigenvalue weighted by molar-refractivity contribution is 7.80. The van der Waals surface area contributed by atoms with Crippen LogP contribution < -0.4 is 0 Å². The van der Waals surface area contributed by atoms with Gasteiger partial charge in [0.05, 0.1) is 0 Å². The monoisotopic (exact) mass is 210 g/mol. The largest absolute Gasteiger partial charge is 0.507 e. The summed E-state index contributed by atoms with van der Waals surface area (Å²) in [6.45, 7) is 11.6. The molecule has 0 aliphatic heterocycles. The summed E-state index contributed by atoms with van der Waals surface area (Å²) >= 11 is 4.14. The van der Waals surface area contributed by atoms with Gasteiger partial charge >= 0.3 is 0 Å². The average Bonchev–Trinajstić information content (AvgIpc) is 2.16. The van der Waals surface area contributed by atoms with Crippen LogP contribution in [-0.4, -0.2) is 5.11 Å². The van der Waals surface area contributed by atoms with E-state index in [1.54, 1.807) is 0 Å². The lowest BCUT2D eigenvalue weighted by molar-refractivity contribution is 0.458. The van der Waals surface area contributed by atoms with Crippen LogP contribution in [0.5, 0.6) is 5.75 Å². The van der Waals surface area contributed by atoms with Crippen molar-refractivity contribution in [3.63, 3.8) is 0 Å². The Morgan fingerprint density at radius 3 is 2.21 bits per heavy atom. The quantitative estimate of drug-likeness (QED) is 0.670. The number of aryl methyl sites for hydroxylation is 1. The number of benzene rings is 1. The first-order valence-corrected chi connectivity index (χ1v) is 5.15. The third-order valence-electron chi connectivity index (χ3n) is 1.77. The van der Waals surface area contributed by atoms with Gasteiger partial charge in [-0.1, -0.05) is 26.0 Å². The van der Waals surface area contributed by atoms with Crippen molar-refractivity contribution in [2.75, 3.05) is 0 Å². The zero-order valence-electron chi connectivity index (χ0n) is 9.26. The van der Waals surface area contributed by atoms with Gasteiger partial charge in [-0.15, -0.1) is 12.6 Å². The molecule has 0 atom stereocenters. The summed E-state index contributed by atoms with van der Waals surface area (Å²) in [5.74, 6) is 0.253. The van der Waals surface area contributed by atoms with Gasteiger partial charge < -0.3 is 5.11 Å². The highest BCUT2D eigenvalue weighted by Gasteiger charge is 2.03. The lowest BCUT2D eigenvalue weighted by Crippen LogP contribution is -1.83. The third-order valence-corrected chi connectivity index (χ3v) is 2.11. The van der Waals surface area contributed by atoms with Gasteiger partial charge in [0.2, 0.25) is 0 Å². The highest BCUT2D eigenvalue weighted by atomic mass is 32.1. The van der Waals surface area contributed by atoms with Crippen molar-refractivity contribution in [1.29, 1.82) is 0 Å². The second-order valence-corrected chi connectivity index (χ2v) is 3.42. The fourth-order valence-corrected chi connectivity index (χ4v) is 1.32. The minimum Gasteiger partial charge on any atom is -0.507 e. The highest BCUT2D eigenvalue weighted by Crippen LogP contribution is 2.28. The fraction of sp³-hybridized carbons (Fsp3) is 0.333. The first-order valence-electron chi connectivity index (χ1n) is 4.71. The van der Waals surface area contributed by atoms with Gasteiger partial charge in [0.25, 0.3) is 0 Å². The van der Waals surface area contributed by atoms with Crippen LogP contribution in [0.3, 0.4) is 0 Å². The first-order chi connectivity index (χ1) is 6.52. The summed E-state index contributed by atoms with van der Waals surface area (Å²) in [7, 11) is 0. The topological polar surface area (TPSA) is 20.2 Å². The van der Waals surface area contributed by atoms with E-state index < -0.39 is 0 Å². The van der Waals surface area contributed by atoms with Crippen molar-refractivity contribution in [1.82, 2.24) is 0 Å². The van der Waals surface area contributed by atoms with Crippen LogP contribution in [0.1, 0.15) is 31.9 Å². The molecule has 1 rings (SSSR count). The van der Waals surface area contributed by atoms with Crippen molar-refractivity contribution < 1.29 is 5.11 Å². The predicted octanol–water partition coefficient (Wildman–Crippen LogP) is 4.05. The van der Waals surface area contributed by atoms with Crippen LogP contribution in [0.15, 0.2) is 23.6 Å². The van der Waals surface area contributed by atoms with E-state index >= 15 is 0 Å². The van der Waals surface area contributed by atoms with Gasteiger partial charge in [-0.2, -0.15) is 0 Å². The molecule has 2 heteroatoms. The lowest BCUT2D eigenvalue weighted by Gasteiger charge is -2.06. The van der Waals surface area contributed by atoms with E-state index in [1.807, 2.05) is 39.8 Å². The molecule has 0 bridgehead atoms. The predicted molar refractivity (Wildman–Crippen MR) is 66.2 cm³/mol. The normalized spacial score (nSPS) is 8.93. The van der Waals surface area contributed by atoms with E-state index in [1.165, 1.54) is 0 Å². The molecule has 0 saturated carbocycles. The van der Waals surface area contributed by atoms with Gasteiger partial charge in [0, 0.05) is 4.90 Å². The van der Waals surface area contributed by atoms with E-state index in [0.29, 0.717) is 4.90 Å². The van der Waals surface area contributed by atoms with Crippen molar-refractivity contribution in [2.45, 2.75) is 32.6 Å². The summed E-state index contributed by atoms with van der Waals surface area (Å²) in [5, 5.41) is 9.41. The Bertz CT molecular complexity index is 306. The molecule has 0 heterocycles. The van der Waals surface area contributed by atoms with Crippen LogP contribution in [0, 0.1) is 6.92 Å². The van der Waals surface area contributed by atoms with E-state index in [9.17, 15) is 5.11 Å². The number of phenols is 1. The van der Waals surface area contributed by atoms with Gasteiger partial charge in [-0.25, -0.2) is 0 Å². The molecule has 14 heavy (non-hydrogen) atoms. The maximum Gasteiger partial charge on any atom is 0.131 e. The summed E-state index contributed by atoms with van der Waals surface area (Å²) in [5.41, 5.74) is 2.84. The van der Waals surface area contributed by atoms with Crippen LogP contribution >= 0.6 is 12.6 Å². The Kier molecular flexibility index (Phi) is 5.39. The Balaban J connectivity index is 0.000000791. The molecular formula is C12H18OS. The molecule has 0 aromatic heterocycles. The SMILES string of the molecule is C=C(C)c1cc(C)c(O)c(S)c1.CC. The number of thiol groups is 1. The van der Waals surface area contributed by atoms with E-state index in [-0.39, 0.29) is 5.75 Å². The zero-order chi connectivity index (χ0) is 11.3. The zero-order valence-corrected chi connectivity index (χ0v) is 10.2. The number of hydrogen-bond donors (Lipinski definition) is 2. The lowest BCUT2D eigenvalue weighted by atomic mass is 10.1. The number of phenolic OH excluding ortho intramolecular Hbond substituents is 1. The summed E-state index contributed by atoms with van der Waals surface area (Å²) in [6, 6.07) is 3.71. The number of aromatic hydroxyl groups is 1. The molecule has 1 nitrogen and oxygen atoms in total. The molecule has 0 radical (unpaired) electrons. The minimum absolute atomic E-state index is 0.253. The molecule has 1 aromatic rings. The van der Waals surface area contributed by atoms with Gasteiger partial charge in [0.15, 0.2) is 0 Å². The van der Waals surface area contributed by atoms with Gasteiger partial charge in [-0.05, 0) is 37.1 Å². The van der Waals surface area contributed by atoms with Crippen LogP contribution in [0.2, 0.25) is 0 Å². The summed E-state index contributed by atoms with van der Waals surface area (Å²) in [4.78, 5) is 0.605. The molecule has 78 valence electrons. The van der Waals surface area contributed by atoms with Gasteiger partial charge in [0.1, 0.15) is 5.75 Å². The Morgan fingerprint density at radius 2 is 1.86 bits per heavy atom. The fourth-order valence-electron chi connectivity index (χ4n) is 1.01. The molecule has 0 spiro atoms. The second-order valence-electron chi connectivity index (χ2n) is 2.94. The molecule has 0 fully saturated rings. The standard InChI is InChI=1S/C10H12OS.C2H6/c1-6(2)8-4-7(3)10(11)9(12)5-8;1-2/h4-5,11-12H,1H2,2-3H3;1-2H3. The molecular weight excluding hydrogens is 192 g/mol. The molecule has 0 unspecified atom stereocenters. The van der Waals surface area contributed by atoms with Crippen molar-refractivity contribution in [3.8, 4) is 5.75 Å². The summed E-state index contributed by atoms with van der Waals surface area (Å²) < 4.78 is 0. The number of rotatable bonds is 1. The number of hydrogen-bond acceptors (Lipinski definition) is 2. The van der Waals surface area contributed by atoms with Gasteiger partial charge in [-0.3, -0.25) is 0 Å². The van der Waals surface area contributed by atoms with Crippen molar-refractivity contribution in [3.05, 3.63) is 29.8 Å². The molecule has 1 N–H and O–H groups in total. The molecule has 1 aromatic carbocycles. The third kappa shape index (κ3) is 3.11. The van der Waals surface area contributed by atoms with Crippen LogP contribution in [-0.2, 0) is 0 Å². The van der Waals surface area contributed by atoms with Crippen molar-refractivity contribution in [2.24, 2.45) is 0 Å². The Hall–Kier alpha value is -0.890. The van der Waals surface area contributed by atoms with Crippen molar-refractivity contribution >= 4 is 18.2 Å².